The normalized spacial score (nSPS) is 9.57. The molecule has 0 aliphatic heterocycles. The van der Waals surface area contributed by atoms with Crippen molar-refractivity contribution in [3.8, 4) is 12.3 Å². The molecule has 0 atom stereocenters. The number of carbonyl (C=O) groups excluding carboxylic acids is 1. The van der Waals surface area contributed by atoms with Crippen molar-refractivity contribution in [2.45, 2.75) is 13.8 Å². The lowest BCUT2D eigenvalue weighted by atomic mass is 10.3. The van der Waals surface area contributed by atoms with Crippen LogP contribution in [0.4, 0.5) is 0 Å². The van der Waals surface area contributed by atoms with Gasteiger partial charge in [-0.1, -0.05) is 5.92 Å². The van der Waals surface area contributed by atoms with Gasteiger partial charge in [-0.15, -0.1) is 6.42 Å². The fourth-order valence-electron chi connectivity index (χ4n) is 1.11. The molecule has 1 aromatic rings. The number of rotatable bonds is 2. The van der Waals surface area contributed by atoms with E-state index in [0.717, 1.165) is 0 Å². The average molecular weight is 192 g/mol. The molecule has 1 amide bonds. The molecular weight excluding hydrogens is 180 g/mol. The highest BCUT2D eigenvalue weighted by atomic mass is 16.4. The van der Waals surface area contributed by atoms with Crippen molar-refractivity contribution in [3.63, 3.8) is 0 Å². The van der Waals surface area contributed by atoms with Gasteiger partial charge in [-0.05, 0) is 6.92 Å². The molecule has 4 heteroatoms. The zero-order valence-corrected chi connectivity index (χ0v) is 8.50. The Morgan fingerprint density at radius 2 is 2.29 bits per heavy atom. The van der Waals surface area contributed by atoms with E-state index in [1.165, 1.54) is 4.90 Å². The van der Waals surface area contributed by atoms with E-state index in [0.29, 0.717) is 11.6 Å². The van der Waals surface area contributed by atoms with Gasteiger partial charge in [0.1, 0.15) is 0 Å². The molecule has 1 heterocycles. The maximum absolute atomic E-state index is 11.7. The Kier molecular flexibility index (Phi) is 2.92. The number of oxazole rings is 1. The van der Waals surface area contributed by atoms with Crippen molar-refractivity contribution in [2.75, 3.05) is 13.6 Å². The number of terminal acetylenes is 1. The predicted octanol–water partition coefficient (Wildman–Crippen LogP) is 0.997. The van der Waals surface area contributed by atoms with Crippen LogP contribution in [0.2, 0.25) is 0 Å². The van der Waals surface area contributed by atoms with Gasteiger partial charge in [-0.25, -0.2) is 4.98 Å². The molecule has 0 saturated heterocycles. The molecular formula is C10H12N2O2. The largest absolute Gasteiger partial charge is 0.436 e. The van der Waals surface area contributed by atoms with Crippen LogP contribution in [0.5, 0.6) is 0 Å². The third-order valence-electron chi connectivity index (χ3n) is 1.77. The van der Waals surface area contributed by atoms with Gasteiger partial charge < -0.3 is 9.32 Å². The second kappa shape index (κ2) is 3.97. The Hall–Kier alpha value is -1.76. The molecule has 0 saturated carbocycles. The van der Waals surface area contributed by atoms with Crippen LogP contribution in [0.25, 0.3) is 0 Å². The van der Waals surface area contributed by atoms with Crippen LogP contribution in [0.15, 0.2) is 4.42 Å². The van der Waals surface area contributed by atoms with Gasteiger partial charge >= 0.3 is 0 Å². The average Bonchev–Trinajstić information content (AvgIpc) is 2.44. The van der Waals surface area contributed by atoms with Crippen molar-refractivity contribution in [1.82, 2.24) is 9.88 Å². The van der Waals surface area contributed by atoms with Crippen LogP contribution >= 0.6 is 0 Å². The molecule has 74 valence electrons. The van der Waals surface area contributed by atoms with Gasteiger partial charge in [-0.2, -0.15) is 0 Å². The van der Waals surface area contributed by atoms with E-state index in [2.05, 4.69) is 10.9 Å². The SMILES string of the molecule is C#CCN(C)C(=O)c1oc(C)nc1C. The van der Waals surface area contributed by atoms with Crippen molar-refractivity contribution < 1.29 is 9.21 Å². The summed E-state index contributed by atoms with van der Waals surface area (Å²) in [6, 6.07) is 0. The molecule has 1 rings (SSSR count). The lowest BCUT2D eigenvalue weighted by Gasteiger charge is -2.11. The third kappa shape index (κ3) is 1.94. The Bertz CT molecular complexity index is 387. The maximum atomic E-state index is 11.7. The first-order chi connectivity index (χ1) is 6.56. The minimum atomic E-state index is -0.235. The van der Waals surface area contributed by atoms with E-state index in [9.17, 15) is 4.79 Å². The van der Waals surface area contributed by atoms with Crippen LogP contribution in [-0.2, 0) is 0 Å². The van der Waals surface area contributed by atoms with E-state index in [1.807, 2.05) is 0 Å². The van der Waals surface area contributed by atoms with Crippen LogP contribution in [0.1, 0.15) is 22.1 Å². The number of amides is 1. The van der Waals surface area contributed by atoms with Gasteiger partial charge in [0.2, 0.25) is 5.76 Å². The van der Waals surface area contributed by atoms with Crippen LogP contribution in [0.3, 0.4) is 0 Å². The molecule has 0 aromatic carbocycles. The summed E-state index contributed by atoms with van der Waals surface area (Å²) in [5.41, 5.74) is 0.594. The Morgan fingerprint density at radius 1 is 1.64 bits per heavy atom. The van der Waals surface area contributed by atoms with Crippen LogP contribution in [0, 0.1) is 26.2 Å². The van der Waals surface area contributed by atoms with E-state index in [4.69, 9.17) is 10.8 Å². The van der Waals surface area contributed by atoms with Gasteiger partial charge in [-0.3, -0.25) is 4.79 Å². The summed E-state index contributed by atoms with van der Waals surface area (Å²) < 4.78 is 5.17. The zero-order valence-electron chi connectivity index (χ0n) is 8.50. The monoisotopic (exact) mass is 192 g/mol. The first-order valence-corrected chi connectivity index (χ1v) is 4.19. The van der Waals surface area contributed by atoms with Crippen LogP contribution < -0.4 is 0 Å². The first-order valence-electron chi connectivity index (χ1n) is 4.19. The van der Waals surface area contributed by atoms with Crippen LogP contribution in [-0.4, -0.2) is 29.4 Å². The Labute approximate surface area is 82.9 Å². The van der Waals surface area contributed by atoms with Crippen molar-refractivity contribution >= 4 is 5.91 Å². The van der Waals surface area contributed by atoms with Gasteiger partial charge in [0, 0.05) is 14.0 Å². The van der Waals surface area contributed by atoms with Gasteiger partial charge in [0.15, 0.2) is 5.89 Å². The zero-order chi connectivity index (χ0) is 10.7. The number of aromatic nitrogens is 1. The second-order valence-corrected chi connectivity index (χ2v) is 3.01. The van der Waals surface area contributed by atoms with E-state index >= 15 is 0 Å². The van der Waals surface area contributed by atoms with E-state index < -0.39 is 0 Å². The molecule has 0 N–H and O–H groups in total. The lowest BCUT2D eigenvalue weighted by molar-refractivity contribution is 0.0779. The second-order valence-electron chi connectivity index (χ2n) is 3.01. The molecule has 0 spiro atoms. The van der Waals surface area contributed by atoms with Crippen molar-refractivity contribution in [2.24, 2.45) is 0 Å². The Morgan fingerprint density at radius 3 is 2.71 bits per heavy atom. The number of carbonyl (C=O) groups is 1. The summed E-state index contributed by atoms with van der Waals surface area (Å²) in [4.78, 5) is 17.1. The predicted molar refractivity (Wildman–Crippen MR) is 51.8 cm³/mol. The van der Waals surface area contributed by atoms with Gasteiger partial charge in [0.05, 0.1) is 12.2 Å². The lowest BCUT2D eigenvalue weighted by Crippen LogP contribution is -2.27. The fourth-order valence-corrected chi connectivity index (χ4v) is 1.11. The summed E-state index contributed by atoms with van der Waals surface area (Å²) in [5.74, 6) is 2.90. The number of hydrogen-bond acceptors (Lipinski definition) is 3. The standard InChI is InChI=1S/C10H12N2O2/c1-5-6-12(4)10(13)9-7(2)11-8(3)14-9/h1H,6H2,2-4H3. The van der Waals surface area contributed by atoms with E-state index in [1.54, 1.807) is 20.9 Å². The smallest absolute Gasteiger partial charge is 0.292 e. The van der Waals surface area contributed by atoms with Crippen molar-refractivity contribution in [3.05, 3.63) is 17.3 Å². The highest BCUT2D eigenvalue weighted by Gasteiger charge is 2.18. The minimum Gasteiger partial charge on any atom is -0.436 e. The molecule has 0 aliphatic carbocycles. The number of nitrogens with zero attached hydrogens (tertiary/aromatic N) is 2. The van der Waals surface area contributed by atoms with Gasteiger partial charge in [0.25, 0.3) is 5.91 Å². The number of aryl methyl sites for hydroxylation is 2. The maximum Gasteiger partial charge on any atom is 0.292 e. The minimum absolute atomic E-state index is 0.235. The summed E-state index contributed by atoms with van der Waals surface area (Å²) in [5, 5.41) is 0. The molecule has 1 aromatic heterocycles. The summed E-state index contributed by atoms with van der Waals surface area (Å²) in [7, 11) is 1.62. The van der Waals surface area contributed by atoms with Crippen molar-refractivity contribution in [1.29, 1.82) is 0 Å². The highest BCUT2D eigenvalue weighted by molar-refractivity contribution is 5.92. The summed E-state index contributed by atoms with van der Waals surface area (Å²) in [6.45, 7) is 3.69. The fraction of sp³-hybridized carbons (Fsp3) is 0.400. The first kappa shape index (κ1) is 10.3. The molecule has 4 nitrogen and oxygen atoms in total. The highest BCUT2D eigenvalue weighted by Crippen LogP contribution is 2.11. The quantitative estimate of drug-likeness (QED) is 0.656. The third-order valence-corrected chi connectivity index (χ3v) is 1.77. The molecule has 0 fully saturated rings. The molecule has 14 heavy (non-hydrogen) atoms. The molecule has 0 radical (unpaired) electrons. The molecule has 0 aliphatic rings. The summed E-state index contributed by atoms with van der Waals surface area (Å²) >= 11 is 0. The molecule has 0 unspecified atom stereocenters. The molecule has 0 bridgehead atoms. The summed E-state index contributed by atoms with van der Waals surface area (Å²) in [6.07, 6.45) is 5.10. The number of hydrogen-bond donors (Lipinski definition) is 0. The Balaban J connectivity index is 2.90. The topological polar surface area (TPSA) is 46.3 Å². The van der Waals surface area contributed by atoms with E-state index in [-0.39, 0.29) is 18.2 Å².